The Kier molecular flexibility index (Phi) is 7.04. The summed E-state index contributed by atoms with van der Waals surface area (Å²) < 4.78 is 0. The first-order valence-electron chi connectivity index (χ1n) is 7.74. The van der Waals surface area contributed by atoms with Gasteiger partial charge in [-0.1, -0.05) is 41.5 Å². The summed E-state index contributed by atoms with van der Waals surface area (Å²) in [5, 5.41) is 2.97. The molecule has 0 aromatic rings. The van der Waals surface area contributed by atoms with E-state index in [9.17, 15) is 4.79 Å². The van der Waals surface area contributed by atoms with E-state index >= 15 is 0 Å². The van der Waals surface area contributed by atoms with Gasteiger partial charge < -0.3 is 5.32 Å². The van der Waals surface area contributed by atoms with Crippen molar-refractivity contribution in [3.8, 4) is 11.5 Å². The van der Waals surface area contributed by atoms with Crippen molar-refractivity contribution in [2.45, 2.75) is 90.9 Å². The van der Waals surface area contributed by atoms with Crippen LogP contribution in [0.3, 0.4) is 0 Å². The fourth-order valence-corrected chi connectivity index (χ4v) is 8.43. The zero-order chi connectivity index (χ0) is 16.1. The van der Waals surface area contributed by atoms with E-state index in [0.29, 0.717) is 23.0 Å². The maximum Gasteiger partial charge on any atom is 0.232 e. The van der Waals surface area contributed by atoms with Crippen LogP contribution >= 0.6 is 0 Å². The second-order valence-electron chi connectivity index (χ2n) is 7.67. The summed E-state index contributed by atoms with van der Waals surface area (Å²) in [6.45, 7) is 19.7. The summed E-state index contributed by atoms with van der Waals surface area (Å²) in [5.74, 6) is 3.22. The van der Waals surface area contributed by atoms with Gasteiger partial charge in [0.2, 0.25) is 5.91 Å². The summed E-state index contributed by atoms with van der Waals surface area (Å²) in [5.41, 5.74) is 5.23. The largest absolute Gasteiger partial charge is 0.351 e. The molecule has 0 aliphatic carbocycles. The number of carbonyl (C=O) groups excluding carboxylic acids is 1. The smallest absolute Gasteiger partial charge is 0.232 e. The molecule has 2 nitrogen and oxygen atoms in total. The molecule has 0 fully saturated rings. The minimum atomic E-state index is -1.69. The molecule has 0 aromatic heterocycles. The van der Waals surface area contributed by atoms with Gasteiger partial charge in [0, 0.05) is 5.54 Å². The monoisotopic (exact) mass is 295 g/mol. The Labute approximate surface area is 127 Å². The van der Waals surface area contributed by atoms with Crippen molar-refractivity contribution in [2.75, 3.05) is 0 Å². The van der Waals surface area contributed by atoms with Gasteiger partial charge in [0.1, 0.15) is 8.07 Å². The third-order valence-corrected chi connectivity index (χ3v) is 10.3. The number of carbonyl (C=O) groups is 1. The summed E-state index contributed by atoms with van der Waals surface area (Å²) >= 11 is 0. The molecule has 0 saturated heterocycles. The molecule has 0 aliphatic heterocycles. The van der Waals surface area contributed by atoms with Gasteiger partial charge in [-0.15, -0.1) is 11.5 Å². The van der Waals surface area contributed by atoms with Crippen molar-refractivity contribution in [2.24, 2.45) is 0 Å². The van der Waals surface area contributed by atoms with Crippen LogP contribution in [-0.4, -0.2) is 19.5 Å². The first kappa shape index (κ1) is 19.2. The fraction of sp³-hybridized carbons (Fsp3) is 0.824. The topological polar surface area (TPSA) is 29.1 Å². The Balaban J connectivity index is 5.05. The maximum absolute atomic E-state index is 11.9. The number of nitrogens with one attached hydrogen (secondary N) is 1. The Morgan fingerprint density at radius 2 is 1.40 bits per heavy atom. The van der Waals surface area contributed by atoms with Crippen LogP contribution in [0.5, 0.6) is 0 Å². The van der Waals surface area contributed by atoms with E-state index in [1.54, 1.807) is 0 Å². The average Bonchev–Trinajstić information content (AvgIpc) is 2.19. The molecule has 1 N–H and O–H groups in total. The van der Waals surface area contributed by atoms with Gasteiger partial charge in [-0.25, -0.2) is 0 Å². The highest BCUT2D eigenvalue weighted by Gasteiger charge is 2.41. The molecule has 0 spiro atoms. The van der Waals surface area contributed by atoms with Crippen LogP contribution in [0.15, 0.2) is 0 Å². The Morgan fingerprint density at radius 1 is 1.00 bits per heavy atom. The fourth-order valence-electron chi connectivity index (χ4n) is 3.17. The molecule has 3 heteroatoms. The quantitative estimate of drug-likeness (QED) is 0.600. The second-order valence-corrected chi connectivity index (χ2v) is 13.3. The summed E-state index contributed by atoms with van der Waals surface area (Å²) in [4.78, 5) is 11.9. The molecule has 0 radical (unpaired) electrons. The molecule has 0 aliphatic rings. The first-order chi connectivity index (χ1) is 8.93. The van der Waals surface area contributed by atoms with Gasteiger partial charge in [-0.3, -0.25) is 4.79 Å². The zero-order valence-corrected chi connectivity index (χ0v) is 15.8. The third kappa shape index (κ3) is 5.32. The lowest BCUT2D eigenvalue weighted by Crippen LogP contribution is -2.43. The van der Waals surface area contributed by atoms with E-state index in [4.69, 9.17) is 0 Å². The lowest BCUT2D eigenvalue weighted by Gasteiger charge is -2.38. The van der Waals surface area contributed by atoms with E-state index in [0.717, 1.165) is 0 Å². The SMILES string of the molecule is CC(C)[Si](C#CCC(=O)NC(C)(C)C)(C(C)C)C(C)C. The standard InChI is InChI=1S/C17H33NOSi/c1-13(2)20(14(3)4,15(5)6)12-10-11-16(19)18-17(7,8)9/h13-15H,11H2,1-9H3,(H,18,19). The second kappa shape index (κ2) is 7.31. The van der Waals surface area contributed by atoms with Crippen molar-refractivity contribution >= 4 is 14.0 Å². The van der Waals surface area contributed by atoms with Crippen LogP contribution in [0.1, 0.15) is 68.7 Å². The van der Waals surface area contributed by atoms with Crippen molar-refractivity contribution in [1.82, 2.24) is 5.32 Å². The molecular formula is C17H33NOSi. The predicted molar refractivity (Wildman–Crippen MR) is 91.3 cm³/mol. The van der Waals surface area contributed by atoms with Crippen molar-refractivity contribution in [3.05, 3.63) is 0 Å². The van der Waals surface area contributed by atoms with Gasteiger partial charge in [0.05, 0.1) is 6.42 Å². The summed E-state index contributed by atoms with van der Waals surface area (Å²) in [7, 11) is -1.69. The Bertz CT molecular complexity index is 358. The van der Waals surface area contributed by atoms with Gasteiger partial charge in [0.15, 0.2) is 0 Å². The number of hydrogen-bond donors (Lipinski definition) is 1. The van der Waals surface area contributed by atoms with Crippen LogP contribution in [0.4, 0.5) is 0 Å². The van der Waals surface area contributed by atoms with E-state index in [1.165, 1.54) is 0 Å². The molecular weight excluding hydrogens is 262 g/mol. The lowest BCUT2D eigenvalue weighted by molar-refractivity contribution is -0.121. The first-order valence-corrected chi connectivity index (χ1v) is 9.97. The van der Waals surface area contributed by atoms with Gasteiger partial charge >= 0.3 is 0 Å². The summed E-state index contributed by atoms with van der Waals surface area (Å²) in [6, 6.07) is 0. The number of rotatable bonds is 4. The van der Waals surface area contributed by atoms with Gasteiger partial charge in [-0.05, 0) is 37.4 Å². The van der Waals surface area contributed by atoms with Gasteiger partial charge in [-0.2, -0.15) is 0 Å². The van der Waals surface area contributed by atoms with Crippen molar-refractivity contribution in [3.63, 3.8) is 0 Å². The van der Waals surface area contributed by atoms with Crippen molar-refractivity contribution in [1.29, 1.82) is 0 Å². The third-order valence-electron chi connectivity index (χ3n) is 3.93. The lowest BCUT2D eigenvalue weighted by atomic mass is 10.1. The molecule has 0 bridgehead atoms. The molecule has 0 atom stereocenters. The molecule has 0 rings (SSSR count). The number of hydrogen-bond acceptors (Lipinski definition) is 1. The minimum absolute atomic E-state index is 0.0316. The molecule has 20 heavy (non-hydrogen) atoms. The minimum Gasteiger partial charge on any atom is -0.351 e. The number of amides is 1. The summed E-state index contributed by atoms with van der Waals surface area (Å²) in [6.07, 6.45) is 0.318. The van der Waals surface area contributed by atoms with Crippen molar-refractivity contribution < 1.29 is 4.79 Å². The highest BCUT2D eigenvalue weighted by atomic mass is 28.3. The highest BCUT2D eigenvalue weighted by Crippen LogP contribution is 2.40. The Hall–Kier alpha value is -0.753. The molecule has 0 heterocycles. The maximum atomic E-state index is 11.9. The molecule has 0 saturated carbocycles. The van der Waals surface area contributed by atoms with E-state index in [1.807, 2.05) is 20.8 Å². The van der Waals surface area contributed by atoms with Crippen LogP contribution < -0.4 is 5.32 Å². The Morgan fingerprint density at radius 3 is 1.70 bits per heavy atom. The average molecular weight is 296 g/mol. The predicted octanol–water partition coefficient (Wildman–Crippen LogP) is 4.51. The van der Waals surface area contributed by atoms with Crippen LogP contribution in [-0.2, 0) is 4.79 Å². The van der Waals surface area contributed by atoms with E-state index in [-0.39, 0.29) is 11.4 Å². The molecule has 0 unspecified atom stereocenters. The highest BCUT2D eigenvalue weighted by molar-refractivity contribution is 6.90. The van der Waals surface area contributed by atoms with Gasteiger partial charge in [0.25, 0.3) is 0 Å². The van der Waals surface area contributed by atoms with E-state index in [2.05, 4.69) is 58.3 Å². The van der Waals surface area contributed by atoms with Crippen LogP contribution in [0, 0.1) is 11.5 Å². The van der Waals surface area contributed by atoms with E-state index < -0.39 is 8.07 Å². The molecule has 116 valence electrons. The van der Waals surface area contributed by atoms with Crippen LogP contribution in [0.2, 0.25) is 16.6 Å². The van der Waals surface area contributed by atoms with Crippen LogP contribution in [0.25, 0.3) is 0 Å². The zero-order valence-electron chi connectivity index (χ0n) is 14.8. The molecule has 0 aromatic carbocycles. The normalized spacial score (nSPS) is 12.6. The molecule has 1 amide bonds.